The minimum absolute atomic E-state index is 0.221. The smallest absolute Gasteiger partial charge is 0.127 e. The summed E-state index contributed by atoms with van der Waals surface area (Å²) in [6.07, 6.45) is 3.44. The molecular weight excluding hydrogens is 241 g/mol. The summed E-state index contributed by atoms with van der Waals surface area (Å²) in [6.45, 7) is 7.87. The highest BCUT2D eigenvalue weighted by molar-refractivity contribution is 5.29. The first-order chi connectivity index (χ1) is 8.92. The zero-order valence-corrected chi connectivity index (χ0v) is 12.1. The summed E-state index contributed by atoms with van der Waals surface area (Å²) >= 11 is 0. The molecule has 0 bridgehead atoms. The second kappa shape index (κ2) is 5.91. The van der Waals surface area contributed by atoms with Crippen LogP contribution in [0.25, 0.3) is 0 Å². The highest BCUT2D eigenvalue weighted by Crippen LogP contribution is 2.23. The molecule has 1 aromatic carbocycles. The zero-order chi connectivity index (χ0) is 13.9. The number of rotatable bonds is 6. The maximum Gasteiger partial charge on any atom is 0.127 e. The van der Waals surface area contributed by atoms with Crippen molar-refractivity contribution in [1.29, 1.82) is 0 Å². The Balaban J connectivity index is 1.87. The Hall–Kier alpha value is -1.09. The molecule has 0 heterocycles. The van der Waals surface area contributed by atoms with Crippen LogP contribution in [0.5, 0.6) is 5.75 Å². The molecule has 19 heavy (non-hydrogen) atoms. The van der Waals surface area contributed by atoms with Gasteiger partial charge in [-0.15, -0.1) is 0 Å². The molecule has 0 saturated heterocycles. The second-order valence-electron chi connectivity index (χ2n) is 6.61. The topological polar surface area (TPSA) is 21.3 Å². The first kappa shape index (κ1) is 14.3. The number of ether oxygens (including phenoxy) is 1. The van der Waals surface area contributed by atoms with E-state index in [0.717, 1.165) is 18.5 Å². The van der Waals surface area contributed by atoms with E-state index in [9.17, 15) is 4.39 Å². The maximum atomic E-state index is 13.5. The highest BCUT2D eigenvalue weighted by atomic mass is 19.1. The Bertz CT molecular complexity index is 421. The van der Waals surface area contributed by atoms with E-state index in [1.165, 1.54) is 18.9 Å². The van der Waals surface area contributed by atoms with E-state index in [-0.39, 0.29) is 11.2 Å². The molecule has 0 spiro atoms. The molecule has 1 aliphatic rings. The third-order valence-electron chi connectivity index (χ3n) is 3.22. The molecule has 2 nitrogen and oxygen atoms in total. The van der Waals surface area contributed by atoms with Gasteiger partial charge in [0.2, 0.25) is 0 Å². The molecule has 1 aliphatic carbocycles. The largest absolute Gasteiger partial charge is 0.493 e. The molecule has 0 aromatic heterocycles. The summed E-state index contributed by atoms with van der Waals surface area (Å²) in [5.41, 5.74) is 1.20. The molecule has 1 saturated carbocycles. The summed E-state index contributed by atoms with van der Waals surface area (Å²) < 4.78 is 19.2. The summed E-state index contributed by atoms with van der Waals surface area (Å²) in [7, 11) is 0. The third kappa shape index (κ3) is 5.60. The van der Waals surface area contributed by atoms with Crippen molar-refractivity contribution < 1.29 is 9.13 Å². The lowest BCUT2D eigenvalue weighted by Gasteiger charge is -2.18. The van der Waals surface area contributed by atoms with Crippen molar-refractivity contribution in [2.24, 2.45) is 5.41 Å². The number of halogens is 1. The van der Waals surface area contributed by atoms with E-state index >= 15 is 0 Å². The van der Waals surface area contributed by atoms with E-state index in [0.29, 0.717) is 18.4 Å². The quantitative estimate of drug-likeness (QED) is 0.842. The average molecular weight is 265 g/mol. The van der Waals surface area contributed by atoms with Gasteiger partial charge >= 0.3 is 0 Å². The Kier molecular flexibility index (Phi) is 4.46. The Labute approximate surface area is 115 Å². The van der Waals surface area contributed by atoms with Gasteiger partial charge in [-0.25, -0.2) is 4.39 Å². The average Bonchev–Trinajstić information content (AvgIpc) is 3.07. The van der Waals surface area contributed by atoms with Crippen molar-refractivity contribution in [2.75, 3.05) is 6.61 Å². The van der Waals surface area contributed by atoms with Gasteiger partial charge in [0.15, 0.2) is 0 Å². The van der Waals surface area contributed by atoms with E-state index < -0.39 is 0 Å². The van der Waals surface area contributed by atoms with Gasteiger partial charge in [-0.1, -0.05) is 20.8 Å². The predicted octanol–water partition coefficient (Wildman–Crippen LogP) is 3.89. The van der Waals surface area contributed by atoms with Gasteiger partial charge in [0.1, 0.15) is 11.6 Å². The molecule has 1 aromatic rings. The van der Waals surface area contributed by atoms with E-state index in [1.807, 2.05) is 6.07 Å². The molecule has 0 amide bonds. The minimum atomic E-state index is -0.221. The molecule has 3 heteroatoms. The molecule has 0 radical (unpaired) electrons. The SMILES string of the molecule is CC(C)(C)CCOc1cc(F)cc(CNC2CC2)c1. The summed E-state index contributed by atoms with van der Waals surface area (Å²) in [6, 6.07) is 5.60. The van der Waals surface area contributed by atoms with Crippen LogP contribution in [0.3, 0.4) is 0 Å². The molecule has 0 atom stereocenters. The van der Waals surface area contributed by atoms with Crippen LogP contribution >= 0.6 is 0 Å². The van der Waals surface area contributed by atoms with Crippen LogP contribution in [0.2, 0.25) is 0 Å². The van der Waals surface area contributed by atoms with Crippen molar-refractivity contribution in [2.45, 2.75) is 52.6 Å². The van der Waals surface area contributed by atoms with E-state index in [2.05, 4.69) is 26.1 Å². The molecule has 1 N–H and O–H groups in total. The lowest BCUT2D eigenvalue weighted by molar-refractivity contribution is 0.242. The van der Waals surface area contributed by atoms with Gasteiger partial charge < -0.3 is 10.1 Å². The number of benzene rings is 1. The van der Waals surface area contributed by atoms with Gasteiger partial charge in [-0.3, -0.25) is 0 Å². The van der Waals surface area contributed by atoms with Gasteiger partial charge in [-0.2, -0.15) is 0 Å². The zero-order valence-electron chi connectivity index (χ0n) is 12.1. The highest BCUT2D eigenvalue weighted by Gasteiger charge is 2.20. The molecule has 2 rings (SSSR count). The number of hydrogen-bond acceptors (Lipinski definition) is 2. The fraction of sp³-hybridized carbons (Fsp3) is 0.625. The Morgan fingerprint density at radius 2 is 2.00 bits per heavy atom. The van der Waals surface area contributed by atoms with Gasteiger partial charge in [0.05, 0.1) is 6.61 Å². The first-order valence-electron chi connectivity index (χ1n) is 7.08. The lowest BCUT2D eigenvalue weighted by atomic mass is 9.93. The summed E-state index contributed by atoms with van der Waals surface area (Å²) in [5.74, 6) is 0.415. The summed E-state index contributed by atoms with van der Waals surface area (Å²) in [5, 5.41) is 3.39. The third-order valence-corrected chi connectivity index (χ3v) is 3.22. The van der Waals surface area contributed by atoms with Gasteiger partial charge in [0.25, 0.3) is 0 Å². The fourth-order valence-electron chi connectivity index (χ4n) is 1.83. The molecule has 1 fully saturated rings. The minimum Gasteiger partial charge on any atom is -0.493 e. The number of hydrogen-bond donors (Lipinski definition) is 1. The number of nitrogens with one attached hydrogen (secondary N) is 1. The normalized spacial score (nSPS) is 15.6. The van der Waals surface area contributed by atoms with Crippen molar-refractivity contribution in [3.8, 4) is 5.75 Å². The van der Waals surface area contributed by atoms with Crippen molar-refractivity contribution >= 4 is 0 Å². The van der Waals surface area contributed by atoms with Crippen molar-refractivity contribution in [3.05, 3.63) is 29.6 Å². The molecule has 0 unspecified atom stereocenters. The van der Waals surface area contributed by atoms with Gasteiger partial charge in [-0.05, 0) is 42.4 Å². The molecular formula is C16H24FNO. The van der Waals surface area contributed by atoms with Crippen LogP contribution in [0.1, 0.15) is 45.6 Å². The molecule has 106 valence electrons. The van der Waals surface area contributed by atoms with E-state index in [1.54, 1.807) is 6.07 Å². The van der Waals surface area contributed by atoms with Gasteiger partial charge in [0, 0.05) is 18.7 Å². The first-order valence-corrected chi connectivity index (χ1v) is 7.08. The fourth-order valence-corrected chi connectivity index (χ4v) is 1.83. The van der Waals surface area contributed by atoms with Crippen molar-refractivity contribution in [3.63, 3.8) is 0 Å². The van der Waals surface area contributed by atoms with Crippen LogP contribution in [0, 0.1) is 11.2 Å². The van der Waals surface area contributed by atoms with Crippen LogP contribution in [-0.4, -0.2) is 12.6 Å². The van der Waals surface area contributed by atoms with Crippen LogP contribution in [0.4, 0.5) is 4.39 Å². The Morgan fingerprint density at radius 1 is 1.26 bits per heavy atom. The van der Waals surface area contributed by atoms with Crippen LogP contribution in [-0.2, 0) is 6.54 Å². The van der Waals surface area contributed by atoms with Crippen LogP contribution in [0.15, 0.2) is 18.2 Å². The predicted molar refractivity (Wildman–Crippen MR) is 75.8 cm³/mol. The maximum absolute atomic E-state index is 13.5. The van der Waals surface area contributed by atoms with Crippen LogP contribution < -0.4 is 10.1 Å². The molecule has 0 aliphatic heterocycles. The monoisotopic (exact) mass is 265 g/mol. The Morgan fingerprint density at radius 3 is 2.63 bits per heavy atom. The lowest BCUT2D eigenvalue weighted by Crippen LogP contribution is -2.15. The van der Waals surface area contributed by atoms with E-state index in [4.69, 9.17) is 4.74 Å². The summed E-state index contributed by atoms with van der Waals surface area (Å²) in [4.78, 5) is 0. The van der Waals surface area contributed by atoms with Crippen molar-refractivity contribution in [1.82, 2.24) is 5.32 Å². The second-order valence-corrected chi connectivity index (χ2v) is 6.61. The standard InChI is InChI=1S/C16H24FNO/c1-16(2,3)6-7-19-15-9-12(8-13(17)10-15)11-18-14-4-5-14/h8-10,14,18H,4-7,11H2,1-3H3.